The van der Waals surface area contributed by atoms with Gasteiger partial charge in [-0.1, -0.05) is 43.7 Å². The Bertz CT molecular complexity index is 392. The van der Waals surface area contributed by atoms with Crippen molar-refractivity contribution in [1.29, 1.82) is 0 Å². The molecular weight excluding hydrogens is 198 g/mol. The molecule has 2 nitrogen and oxygen atoms in total. The van der Waals surface area contributed by atoms with Gasteiger partial charge in [0.05, 0.1) is 0 Å². The lowest BCUT2D eigenvalue weighted by Gasteiger charge is -2.07. The fraction of sp³-hybridized carbons (Fsp3) is 0.357. The lowest BCUT2D eigenvalue weighted by molar-refractivity contribution is -0.112. The lowest BCUT2D eigenvalue weighted by atomic mass is 9.98. The minimum absolute atomic E-state index is 0.376. The summed E-state index contributed by atoms with van der Waals surface area (Å²) in [5, 5.41) is 0. The maximum atomic E-state index is 11.1. The standard InChI is InChI=1S/C12H15NO.C2H6/c1-4-10(12(13)14)11-6-5-8(2)7-9(11)3;1-2/h4-7H,1-3H3,(H2,13,14);1-2H3/b10-4+;. The number of rotatable bonds is 2. The van der Waals surface area contributed by atoms with Gasteiger partial charge in [-0.25, -0.2) is 0 Å². The molecule has 1 amide bonds. The number of benzene rings is 1. The average molecular weight is 219 g/mol. The Balaban J connectivity index is 0.00000106. The molecule has 0 fully saturated rings. The largest absolute Gasteiger partial charge is 0.366 e. The first-order valence-corrected chi connectivity index (χ1v) is 5.60. The Morgan fingerprint density at radius 1 is 1.25 bits per heavy atom. The topological polar surface area (TPSA) is 43.1 Å². The van der Waals surface area contributed by atoms with Gasteiger partial charge < -0.3 is 5.73 Å². The summed E-state index contributed by atoms with van der Waals surface area (Å²) in [6.45, 7) is 9.82. The first-order valence-electron chi connectivity index (χ1n) is 5.60. The van der Waals surface area contributed by atoms with Crippen molar-refractivity contribution in [3.05, 3.63) is 41.0 Å². The first kappa shape index (κ1) is 14.4. The van der Waals surface area contributed by atoms with Gasteiger partial charge in [-0.3, -0.25) is 4.79 Å². The molecule has 0 saturated carbocycles. The third-order valence-electron chi connectivity index (χ3n) is 2.23. The molecule has 0 saturated heterocycles. The predicted molar refractivity (Wildman–Crippen MR) is 70.1 cm³/mol. The molecule has 1 aromatic carbocycles. The van der Waals surface area contributed by atoms with Crippen LogP contribution in [-0.2, 0) is 4.79 Å². The van der Waals surface area contributed by atoms with E-state index < -0.39 is 0 Å². The molecule has 0 atom stereocenters. The molecule has 2 heteroatoms. The molecule has 0 bridgehead atoms. The molecule has 0 radical (unpaired) electrons. The lowest BCUT2D eigenvalue weighted by Crippen LogP contribution is -2.13. The molecule has 0 aliphatic rings. The van der Waals surface area contributed by atoms with Crippen molar-refractivity contribution < 1.29 is 4.79 Å². The SMILES string of the molecule is C/C=C(/C(N)=O)c1ccc(C)cc1C.CC. The predicted octanol–water partition coefficient (Wildman–Crippen LogP) is 3.22. The normalized spacial score (nSPS) is 10.4. The number of aryl methyl sites for hydroxylation is 2. The fourth-order valence-electron chi connectivity index (χ4n) is 1.55. The highest BCUT2D eigenvalue weighted by molar-refractivity contribution is 6.19. The Hall–Kier alpha value is -1.57. The Labute approximate surface area is 98.2 Å². The number of hydrogen-bond acceptors (Lipinski definition) is 1. The molecule has 2 N–H and O–H groups in total. The number of carbonyl (C=O) groups is 1. The summed E-state index contributed by atoms with van der Waals surface area (Å²) in [6.07, 6.45) is 1.75. The van der Waals surface area contributed by atoms with Crippen molar-refractivity contribution in [3.63, 3.8) is 0 Å². The van der Waals surface area contributed by atoms with Crippen LogP contribution in [0, 0.1) is 13.8 Å². The van der Waals surface area contributed by atoms with Crippen LogP contribution in [0.3, 0.4) is 0 Å². The van der Waals surface area contributed by atoms with Crippen molar-refractivity contribution in [2.24, 2.45) is 5.73 Å². The van der Waals surface area contributed by atoms with Crippen LogP contribution in [-0.4, -0.2) is 5.91 Å². The van der Waals surface area contributed by atoms with Crippen LogP contribution in [0.5, 0.6) is 0 Å². The number of primary amides is 1. The van der Waals surface area contributed by atoms with Crippen LogP contribution in [0.1, 0.15) is 37.5 Å². The molecule has 0 aromatic heterocycles. The van der Waals surface area contributed by atoms with Gasteiger partial charge in [0.15, 0.2) is 0 Å². The maximum absolute atomic E-state index is 11.1. The first-order chi connectivity index (χ1) is 7.56. The van der Waals surface area contributed by atoms with Crippen molar-refractivity contribution in [2.45, 2.75) is 34.6 Å². The van der Waals surface area contributed by atoms with Gasteiger partial charge in [0.25, 0.3) is 0 Å². The van der Waals surface area contributed by atoms with Crippen LogP contribution in [0.15, 0.2) is 24.3 Å². The van der Waals surface area contributed by atoms with E-state index in [9.17, 15) is 4.79 Å². The zero-order chi connectivity index (χ0) is 12.7. The number of amides is 1. The quantitative estimate of drug-likeness (QED) is 0.762. The monoisotopic (exact) mass is 219 g/mol. The van der Waals surface area contributed by atoms with Crippen LogP contribution in [0.4, 0.5) is 0 Å². The van der Waals surface area contributed by atoms with E-state index >= 15 is 0 Å². The molecule has 1 rings (SSSR count). The van der Waals surface area contributed by atoms with Crippen molar-refractivity contribution >= 4 is 11.5 Å². The summed E-state index contributed by atoms with van der Waals surface area (Å²) in [4.78, 5) is 11.1. The van der Waals surface area contributed by atoms with Crippen molar-refractivity contribution in [2.75, 3.05) is 0 Å². The van der Waals surface area contributed by atoms with Gasteiger partial charge in [0, 0.05) is 5.57 Å². The zero-order valence-electron chi connectivity index (χ0n) is 10.8. The summed E-state index contributed by atoms with van der Waals surface area (Å²) in [5.41, 5.74) is 9.05. The second kappa shape index (κ2) is 6.83. The summed E-state index contributed by atoms with van der Waals surface area (Å²) in [6, 6.07) is 5.96. The number of nitrogens with two attached hydrogens (primary N) is 1. The van der Waals surface area contributed by atoms with Gasteiger partial charge in [0.2, 0.25) is 5.91 Å². The minimum atomic E-state index is -0.376. The average Bonchev–Trinajstić information content (AvgIpc) is 2.24. The number of carbonyl (C=O) groups excluding carboxylic acids is 1. The second-order valence-corrected chi connectivity index (χ2v) is 3.38. The molecule has 0 spiro atoms. The van der Waals surface area contributed by atoms with E-state index in [0.717, 1.165) is 11.1 Å². The van der Waals surface area contributed by atoms with Gasteiger partial charge in [-0.15, -0.1) is 0 Å². The van der Waals surface area contributed by atoms with Crippen molar-refractivity contribution in [1.82, 2.24) is 0 Å². The Kier molecular flexibility index (Phi) is 6.16. The second-order valence-electron chi connectivity index (χ2n) is 3.38. The van der Waals surface area contributed by atoms with Crippen LogP contribution < -0.4 is 5.73 Å². The van der Waals surface area contributed by atoms with E-state index in [-0.39, 0.29) is 5.91 Å². The van der Waals surface area contributed by atoms with E-state index in [4.69, 9.17) is 5.73 Å². The van der Waals surface area contributed by atoms with E-state index in [1.807, 2.05) is 52.8 Å². The van der Waals surface area contributed by atoms with Gasteiger partial charge in [-0.05, 0) is 31.9 Å². The molecule has 88 valence electrons. The summed E-state index contributed by atoms with van der Waals surface area (Å²) >= 11 is 0. The van der Waals surface area contributed by atoms with Crippen LogP contribution in [0.2, 0.25) is 0 Å². The van der Waals surface area contributed by atoms with E-state index in [2.05, 4.69) is 0 Å². The Morgan fingerprint density at radius 2 is 1.81 bits per heavy atom. The fourth-order valence-corrected chi connectivity index (χ4v) is 1.55. The maximum Gasteiger partial charge on any atom is 0.248 e. The summed E-state index contributed by atoms with van der Waals surface area (Å²) < 4.78 is 0. The van der Waals surface area contributed by atoms with Gasteiger partial charge >= 0.3 is 0 Å². The molecule has 0 heterocycles. The molecule has 16 heavy (non-hydrogen) atoms. The third kappa shape index (κ3) is 3.54. The highest BCUT2D eigenvalue weighted by Crippen LogP contribution is 2.19. The molecule has 0 aliphatic carbocycles. The van der Waals surface area contributed by atoms with E-state index in [0.29, 0.717) is 5.57 Å². The number of allylic oxidation sites excluding steroid dienone is 1. The van der Waals surface area contributed by atoms with E-state index in [1.165, 1.54) is 5.56 Å². The molecule has 0 aliphatic heterocycles. The van der Waals surface area contributed by atoms with Crippen LogP contribution in [0.25, 0.3) is 5.57 Å². The number of hydrogen-bond donors (Lipinski definition) is 1. The summed E-state index contributed by atoms with van der Waals surface area (Å²) in [7, 11) is 0. The summed E-state index contributed by atoms with van der Waals surface area (Å²) in [5.74, 6) is -0.376. The highest BCUT2D eigenvalue weighted by Gasteiger charge is 2.08. The zero-order valence-corrected chi connectivity index (χ0v) is 10.8. The van der Waals surface area contributed by atoms with E-state index in [1.54, 1.807) is 6.08 Å². The smallest absolute Gasteiger partial charge is 0.248 e. The Morgan fingerprint density at radius 3 is 2.19 bits per heavy atom. The molecular formula is C14H21NO. The van der Waals surface area contributed by atoms with Crippen molar-refractivity contribution in [3.8, 4) is 0 Å². The van der Waals surface area contributed by atoms with Gasteiger partial charge in [0.1, 0.15) is 0 Å². The van der Waals surface area contributed by atoms with Crippen LogP contribution >= 0.6 is 0 Å². The molecule has 0 unspecified atom stereocenters. The minimum Gasteiger partial charge on any atom is -0.366 e. The van der Waals surface area contributed by atoms with Gasteiger partial charge in [-0.2, -0.15) is 0 Å². The third-order valence-corrected chi connectivity index (χ3v) is 2.23. The highest BCUT2D eigenvalue weighted by atomic mass is 16.1. The molecule has 1 aromatic rings.